The van der Waals surface area contributed by atoms with Crippen molar-refractivity contribution in [2.24, 2.45) is 0 Å². The molecule has 5 atom stereocenters. The second-order valence-corrected chi connectivity index (χ2v) is 6.91. The van der Waals surface area contributed by atoms with E-state index in [1.165, 1.54) is 24.3 Å². The van der Waals surface area contributed by atoms with E-state index >= 15 is 0 Å². The molecular formula is C20H23NO12. The van der Waals surface area contributed by atoms with Crippen molar-refractivity contribution < 1.29 is 52.5 Å². The average Bonchev–Trinajstić information content (AvgIpc) is 2.70. The first-order chi connectivity index (χ1) is 15.5. The quantitative estimate of drug-likeness (QED) is 0.230. The van der Waals surface area contributed by atoms with Crippen LogP contribution >= 0.6 is 0 Å². The molecule has 0 unspecified atom stereocenters. The van der Waals surface area contributed by atoms with Crippen molar-refractivity contribution in [1.29, 1.82) is 0 Å². The minimum atomic E-state index is -1.56. The molecule has 0 spiro atoms. The van der Waals surface area contributed by atoms with Crippen molar-refractivity contribution in [2.45, 2.75) is 58.4 Å². The Morgan fingerprint density at radius 2 is 1.42 bits per heavy atom. The standard InChI is InChI=1S/C20H23NO12/c1-10(22)28-9-16-17(29-11(2)23)18(30-12(3)24)19(31-13(4)25)20(33-16)32-15-8-6-5-7-14(15)21(26)27/h5-8,16-20H,9H2,1-4H3/t16-,17+,18-,19-,20+/m0/s1. The van der Waals surface area contributed by atoms with E-state index in [4.69, 9.17) is 28.4 Å². The molecule has 13 heteroatoms. The van der Waals surface area contributed by atoms with E-state index in [-0.39, 0.29) is 5.75 Å². The predicted molar refractivity (Wildman–Crippen MR) is 106 cm³/mol. The summed E-state index contributed by atoms with van der Waals surface area (Å²) >= 11 is 0. The van der Waals surface area contributed by atoms with Gasteiger partial charge in [-0.2, -0.15) is 0 Å². The third-order valence-electron chi connectivity index (χ3n) is 4.25. The Labute approximate surface area is 188 Å². The van der Waals surface area contributed by atoms with Crippen LogP contribution in [0.4, 0.5) is 5.69 Å². The topological polar surface area (TPSA) is 167 Å². The van der Waals surface area contributed by atoms with Gasteiger partial charge >= 0.3 is 29.6 Å². The highest BCUT2D eigenvalue weighted by Gasteiger charge is 2.53. The molecule has 0 saturated carbocycles. The molecule has 1 saturated heterocycles. The molecule has 180 valence electrons. The van der Waals surface area contributed by atoms with E-state index in [0.29, 0.717) is 0 Å². The van der Waals surface area contributed by atoms with Gasteiger partial charge < -0.3 is 28.4 Å². The molecule has 0 N–H and O–H groups in total. The van der Waals surface area contributed by atoms with Crippen molar-refractivity contribution in [3.63, 3.8) is 0 Å². The van der Waals surface area contributed by atoms with Crippen molar-refractivity contribution in [3.8, 4) is 5.75 Å². The molecule has 33 heavy (non-hydrogen) atoms. The fourth-order valence-electron chi connectivity index (χ4n) is 3.12. The zero-order valence-corrected chi connectivity index (χ0v) is 18.2. The number of hydrogen-bond donors (Lipinski definition) is 0. The van der Waals surface area contributed by atoms with E-state index in [2.05, 4.69) is 0 Å². The summed E-state index contributed by atoms with van der Waals surface area (Å²) in [5.74, 6) is -3.33. The van der Waals surface area contributed by atoms with Crippen LogP contribution in [-0.2, 0) is 42.9 Å². The fourth-order valence-corrected chi connectivity index (χ4v) is 3.12. The molecule has 1 fully saturated rings. The lowest BCUT2D eigenvalue weighted by molar-refractivity contribution is -0.387. The summed E-state index contributed by atoms with van der Waals surface area (Å²) in [5, 5.41) is 11.4. The van der Waals surface area contributed by atoms with Crippen molar-refractivity contribution >= 4 is 29.6 Å². The molecule has 0 aliphatic carbocycles. The number of esters is 4. The highest BCUT2D eigenvalue weighted by atomic mass is 16.7. The van der Waals surface area contributed by atoms with Crippen molar-refractivity contribution in [1.82, 2.24) is 0 Å². The van der Waals surface area contributed by atoms with Gasteiger partial charge in [0.1, 0.15) is 12.7 Å². The van der Waals surface area contributed by atoms with Gasteiger partial charge in [0.05, 0.1) is 4.92 Å². The van der Waals surface area contributed by atoms with Crippen molar-refractivity contribution in [2.75, 3.05) is 6.61 Å². The third-order valence-corrected chi connectivity index (χ3v) is 4.25. The summed E-state index contributed by atoms with van der Waals surface area (Å²) in [6, 6.07) is 5.35. The summed E-state index contributed by atoms with van der Waals surface area (Å²) in [6.45, 7) is 3.91. The average molecular weight is 469 g/mol. The molecule has 1 aliphatic heterocycles. The van der Waals surface area contributed by atoms with Gasteiger partial charge in [-0.05, 0) is 6.07 Å². The maximum atomic E-state index is 11.8. The Bertz CT molecular complexity index is 916. The first kappa shape index (κ1) is 25.5. The lowest BCUT2D eigenvalue weighted by Gasteiger charge is -2.43. The van der Waals surface area contributed by atoms with Gasteiger partial charge in [0, 0.05) is 33.8 Å². The van der Waals surface area contributed by atoms with Gasteiger partial charge in [0.25, 0.3) is 0 Å². The van der Waals surface area contributed by atoms with Crippen molar-refractivity contribution in [3.05, 3.63) is 34.4 Å². The van der Waals surface area contributed by atoms with Crippen LogP contribution in [0.5, 0.6) is 5.75 Å². The van der Waals surface area contributed by atoms with Crippen LogP contribution in [-0.4, -0.2) is 66.1 Å². The predicted octanol–water partition coefficient (Wildman–Crippen LogP) is 1.06. The maximum Gasteiger partial charge on any atom is 0.311 e. The van der Waals surface area contributed by atoms with Gasteiger partial charge in [0.15, 0.2) is 18.0 Å². The first-order valence-electron chi connectivity index (χ1n) is 9.70. The number of hydrogen-bond acceptors (Lipinski definition) is 12. The number of carbonyl (C=O) groups is 4. The minimum absolute atomic E-state index is 0.233. The largest absolute Gasteiger partial charge is 0.463 e. The Morgan fingerprint density at radius 3 is 1.97 bits per heavy atom. The van der Waals surface area contributed by atoms with E-state index < -0.39 is 71.8 Å². The van der Waals surface area contributed by atoms with Crippen LogP contribution in [0.15, 0.2) is 24.3 Å². The Hall–Kier alpha value is -3.74. The van der Waals surface area contributed by atoms with E-state index in [0.717, 1.165) is 27.7 Å². The number of para-hydroxylation sites is 2. The van der Waals surface area contributed by atoms with Gasteiger partial charge in [-0.3, -0.25) is 29.3 Å². The van der Waals surface area contributed by atoms with Gasteiger partial charge in [-0.15, -0.1) is 0 Å². The monoisotopic (exact) mass is 469 g/mol. The fraction of sp³-hybridized carbons (Fsp3) is 0.500. The van der Waals surface area contributed by atoms with Crippen LogP contribution in [0, 0.1) is 10.1 Å². The smallest absolute Gasteiger partial charge is 0.311 e. The summed E-state index contributed by atoms with van der Waals surface area (Å²) in [5.41, 5.74) is -0.412. The molecule has 0 radical (unpaired) electrons. The molecular weight excluding hydrogens is 446 g/mol. The molecule has 13 nitrogen and oxygen atoms in total. The second kappa shape index (κ2) is 11.2. The molecule has 1 aromatic carbocycles. The van der Waals surface area contributed by atoms with Crippen LogP contribution in [0.1, 0.15) is 27.7 Å². The highest BCUT2D eigenvalue weighted by molar-refractivity contribution is 5.68. The Morgan fingerprint density at radius 1 is 0.879 bits per heavy atom. The second-order valence-electron chi connectivity index (χ2n) is 6.91. The SMILES string of the molecule is CC(=O)OC[C@@H]1O[C@@H](Oc2ccccc2[N+](=O)[O-])[C@@H](OC(C)=O)[C@@H](OC(C)=O)[C@@H]1OC(C)=O. The van der Waals surface area contributed by atoms with Crippen LogP contribution in [0.3, 0.4) is 0 Å². The molecule has 1 aliphatic rings. The number of rotatable bonds is 8. The normalized spacial score (nSPS) is 24.2. The first-order valence-corrected chi connectivity index (χ1v) is 9.70. The van der Waals surface area contributed by atoms with Gasteiger partial charge in [-0.25, -0.2) is 0 Å². The number of nitro benzene ring substituents is 1. The van der Waals surface area contributed by atoms with E-state index in [9.17, 15) is 29.3 Å². The Kier molecular flexibility index (Phi) is 8.68. The summed E-state index contributed by atoms with van der Waals surface area (Å²) < 4.78 is 32.1. The number of nitrogens with zero attached hydrogens (tertiary/aromatic N) is 1. The molecule has 1 aromatic rings. The zero-order chi connectivity index (χ0) is 24.7. The maximum absolute atomic E-state index is 11.8. The number of ether oxygens (including phenoxy) is 6. The molecule has 0 aromatic heterocycles. The third kappa shape index (κ3) is 7.14. The zero-order valence-electron chi connectivity index (χ0n) is 18.2. The number of carbonyl (C=O) groups excluding carboxylic acids is 4. The minimum Gasteiger partial charge on any atom is -0.463 e. The molecule has 1 heterocycles. The van der Waals surface area contributed by atoms with E-state index in [1.54, 1.807) is 0 Å². The number of nitro groups is 1. The summed E-state index contributed by atoms with van der Waals surface area (Å²) in [4.78, 5) is 57.3. The Balaban J connectivity index is 2.51. The van der Waals surface area contributed by atoms with Crippen LogP contribution in [0.2, 0.25) is 0 Å². The number of benzene rings is 1. The van der Waals surface area contributed by atoms with Crippen LogP contribution in [0.25, 0.3) is 0 Å². The molecule has 0 bridgehead atoms. The highest BCUT2D eigenvalue weighted by Crippen LogP contribution is 2.34. The molecule has 0 amide bonds. The van der Waals surface area contributed by atoms with Crippen LogP contribution < -0.4 is 4.74 Å². The van der Waals surface area contributed by atoms with E-state index in [1.807, 2.05) is 0 Å². The lowest BCUT2D eigenvalue weighted by Crippen LogP contribution is -2.63. The summed E-state index contributed by atoms with van der Waals surface area (Å²) in [7, 11) is 0. The van der Waals surface area contributed by atoms with Gasteiger partial charge in [-0.1, -0.05) is 12.1 Å². The van der Waals surface area contributed by atoms with Gasteiger partial charge in [0.2, 0.25) is 12.4 Å². The molecule has 2 rings (SSSR count). The summed E-state index contributed by atoms with van der Waals surface area (Å²) in [6.07, 6.45) is -7.10. The lowest BCUT2D eigenvalue weighted by atomic mass is 9.98.